The van der Waals surface area contributed by atoms with Crippen LogP contribution < -0.4 is 15.9 Å². The summed E-state index contributed by atoms with van der Waals surface area (Å²) in [5, 5.41) is 3.41. The lowest BCUT2D eigenvalue weighted by atomic mass is 10.1. The molecule has 0 amide bonds. The highest BCUT2D eigenvalue weighted by Gasteiger charge is 2.24. The van der Waals surface area contributed by atoms with E-state index in [0.717, 1.165) is 10.9 Å². The Kier molecular flexibility index (Phi) is 7.85. The van der Waals surface area contributed by atoms with Crippen LogP contribution in [-0.2, 0) is 11.2 Å². The zero-order valence-corrected chi connectivity index (χ0v) is 19.6. The first-order valence-electron chi connectivity index (χ1n) is 11.1. The van der Waals surface area contributed by atoms with E-state index < -0.39 is 7.92 Å². The minimum atomic E-state index is -0.899. The van der Waals surface area contributed by atoms with Gasteiger partial charge in [-0.1, -0.05) is 115 Å². The van der Waals surface area contributed by atoms with Crippen LogP contribution in [0.2, 0.25) is 0 Å². The number of allylic oxidation sites excluding steroid dienone is 1. The van der Waals surface area contributed by atoms with Gasteiger partial charge in [-0.2, -0.15) is 0 Å². The van der Waals surface area contributed by atoms with Crippen molar-refractivity contribution in [1.82, 2.24) is 0 Å². The molecule has 0 spiro atoms. The molecule has 0 saturated carbocycles. The first kappa shape index (κ1) is 22.7. The Morgan fingerprint density at radius 1 is 0.758 bits per heavy atom. The van der Waals surface area contributed by atoms with Crippen molar-refractivity contribution in [2.24, 2.45) is 0 Å². The van der Waals surface area contributed by atoms with E-state index in [1.54, 1.807) is 0 Å². The fourth-order valence-electron chi connectivity index (χ4n) is 3.83. The minimum Gasteiger partial charge on any atom is -0.454 e. The van der Waals surface area contributed by atoms with Gasteiger partial charge in [-0.05, 0) is 48.5 Å². The number of carbonyl (C=O) groups is 1. The molecule has 0 fully saturated rings. The molecule has 4 aromatic rings. The van der Waals surface area contributed by atoms with E-state index in [2.05, 4.69) is 66.7 Å². The van der Waals surface area contributed by atoms with Gasteiger partial charge in [0, 0.05) is 6.42 Å². The van der Waals surface area contributed by atoms with Crippen molar-refractivity contribution in [3.63, 3.8) is 0 Å². The zero-order chi connectivity index (χ0) is 22.9. The van der Waals surface area contributed by atoms with Crippen molar-refractivity contribution in [3.05, 3.63) is 139 Å². The Morgan fingerprint density at radius 2 is 1.27 bits per heavy atom. The largest absolute Gasteiger partial charge is 0.454 e. The maximum Gasteiger partial charge on any atom is 0.339 e. The Bertz CT molecular complexity index is 1150. The summed E-state index contributed by atoms with van der Waals surface area (Å²) in [6.45, 7) is 1.95. The Morgan fingerprint density at radius 3 is 1.85 bits per heavy atom. The van der Waals surface area contributed by atoms with Crippen LogP contribution in [0.3, 0.4) is 0 Å². The van der Waals surface area contributed by atoms with Crippen molar-refractivity contribution < 1.29 is 9.53 Å². The molecule has 0 heterocycles. The van der Waals surface area contributed by atoms with Crippen LogP contribution in [0.25, 0.3) is 0 Å². The second-order valence-corrected chi connectivity index (χ2v) is 9.87. The average Bonchev–Trinajstić information content (AvgIpc) is 2.87. The number of esters is 1. The Balaban J connectivity index is 1.68. The van der Waals surface area contributed by atoms with Gasteiger partial charge in [0.2, 0.25) is 0 Å². The first-order chi connectivity index (χ1) is 16.3. The summed E-state index contributed by atoms with van der Waals surface area (Å²) >= 11 is 0. The number of benzene rings is 4. The molecule has 33 heavy (non-hydrogen) atoms. The third-order valence-corrected chi connectivity index (χ3v) is 7.84. The van der Waals surface area contributed by atoms with Crippen molar-refractivity contribution in [2.75, 3.05) is 0 Å². The molecule has 0 N–H and O–H groups in total. The predicted octanol–water partition coefficient (Wildman–Crippen LogP) is 5.79. The van der Waals surface area contributed by atoms with Crippen LogP contribution in [0.5, 0.6) is 0 Å². The molecule has 4 aromatic carbocycles. The van der Waals surface area contributed by atoms with E-state index in [0.29, 0.717) is 12.0 Å². The van der Waals surface area contributed by atoms with Gasteiger partial charge in [0.05, 0.1) is 5.56 Å². The molecule has 1 atom stereocenters. The number of hydrogen-bond acceptors (Lipinski definition) is 2. The second-order valence-electron chi connectivity index (χ2n) is 7.68. The first-order valence-corrected chi connectivity index (χ1v) is 12.5. The normalized spacial score (nSPS) is 12.1. The van der Waals surface area contributed by atoms with Gasteiger partial charge >= 0.3 is 5.97 Å². The van der Waals surface area contributed by atoms with E-state index in [9.17, 15) is 4.79 Å². The van der Waals surface area contributed by atoms with E-state index in [-0.39, 0.29) is 12.1 Å². The smallest absolute Gasteiger partial charge is 0.339 e. The van der Waals surface area contributed by atoms with Gasteiger partial charge in [0.25, 0.3) is 0 Å². The molecular weight excluding hydrogens is 423 g/mol. The van der Waals surface area contributed by atoms with Gasteiger partial charge in [-0.25, -0.2) is 4.79 Å². The lowest BCUT2D eigenvalue weighted by Gasteiger charge is -2.22. The minimum absolute atomic E-state index is 0.288. The third kappa shape index (κ3) is 5.86. The second kappa shape index (κ2) is 11.4. The van der Waals surface area contributed by atoms with E-state index >= 15 is 0 Å². The van der Waals surface area contributed by atoms with Crippen molar-refractivity contribution in [1.29, 1.82) is 0 Å². The van der Waals surface area contributed by atoms with Gasteiger partial charge in [0.1, 0.15) is 6.10 Å². The maximum absolute atomic E-state index is 13.5. The summed E-state index contributed by atoms with van der Waals surface area (Å²) in [5.74, 6) is -0.288. The molecule has 3 heteroatoms. The van der Waals surface area contributed by atoms with E-state index in [1.807, 2.05) is 67.6 Å². The predicted molar refractivity (Wildman–Crippen MR) is 139 cm³/mol. The molecule has 0 aliphatic rings. The van der Waals surface area contributed by atoms with Crippen molar-refractivity contribution >= 4 is 29.8 Å². The fourth-order valence-corrected chi connectivity index (χ4v) is 6.27. The number of carbonyl (C=O) groups excluding carboxylic acids is 1. The van der Waals surface area contributed by atoms with Gasteiger partial charge in [-0.3, -0.25) is 0 Å². The average molecular weight is 451 g/mol. The number of hydrogen-bond donors (Lipinski definition) is 0. The lowest BCUT2D eigenvalue weighted by Crippen LogP contribution is -2.27. The fraction of sp³-hybridized carbons (Fsp3) is 0.100. The number of rotatable bonds is 8. The summed E-state index contributed by atoms with van der Waals surface area (Å²) in [7, 11) is -0.899. The molecule has 0 aromatic heterocycles. The molecule has 164 valence electrons. The van der Waals surface area contributed by atoms with Gasteiger partial charge in [-0.15, -0.1) is 0 Å². The standard InChI is InChI=1S/C30H27O2P/c1-2-14-25(23-24-15-6-3-7-16-24)32-30(31)28-21-12-13-22-29(28)33(26-17-8-4-9-18-26)27-19-10-5-11-20-27/h2-22,25H,23H2,1H3/b14-2+/t25-/m0/s1. The highest BCUT2D eigenvalue weighted by Crippen LogP contribution is 2.34. The van der Waals surface area contributed by atoms with E-state index in [1.165, 1.54) is 10.6 Å². The SMILES string of the molecule is C/C=C/[C@@H](Cc1ccccc1)OC(=O)c1ccccc1P(c1ccccc1)c1ccccc1. The maximum atomic E-state index is 13.5. The number of ether oxygens (including phenoxy) is 1. The van der Waals surface area contributed by atoms with Crippen LogP contribution >= 0.6 is 7.92 Å². The Hall–Kier alpha value is -3.48. The highest BCUT2D eigenvalue weighted by atomic mass is 31.1. The van der Waals surface area contributed by atoms with Crippen molar-refractivity contribution in [2.45, 2.75) is 19.4 Å². The molecule has 0 radical (unpaired) electrons. The van der Waals surface area contributed by atoms with Crippen LogP contribution in [0.4, 0.5) is 0 Å². The molecule has 2 nitrogen and oxygen atoms in total. The van der Waals surface area contributed by atoms with Gasteiger partial charge in [0.15, 0.2) is 0 Å². The van der Waals surface area contributed by atoms with Gasteiger partial charge < -0.3 is 4.74 Å². The zero-order valence-electron chi connectivity index (χ0n) is 18.7. The molecule has 0 aliphatic heterocycles. The summed E-state index contributed by atoms with van der Waals surface area (Å²) in [4.78, 5) is 13.5. The third-order valence-electron chi connectivity index (χ3n) is 5.34. The van der Waals surface area contributed by atoms with Crippen LogP contribution in [0, 0.1) is 0 Å². The van der Waals surface area contributed by atoms with E-state index in [4.69, 9.17) is 4.74 Å². The monoisotopic (exact) mass is 450 g/mol. The molecule has 0 unspecified atom stereocenters. The summed E-state index contributed by atoms with van der Waals surface area (Å²) in [6.07, 6.45) is 4.21. The molecular formula is C30H27O2P. The van der Waals surface area contributed by atoms with Crippen LogP contribution in [0.1, 0.15) is 22.8 Å². The topological polar surface area (TPSA) is 26.3 Å². The molecule has 0 saturated heterocycles. The quantitative estimate of drug-likeness (QED) is 0.193. The lowest BCUT2D eigenvalue weighted by molar-refractivity contribution is 0.0397. The summed E-state index contributed by atoms with van der Waals surface area (Å²) in [5.41, 5.74) is 1.76. The Labute approximate surface area is 197 Å². The van der Waals surface area contributed by atoms with Crippen molar-refractivity contribution in [3.8, 4) is 0 Å². The summed E-state index contributed by atoms with van der Waals surface area (Å²) in [6, 6.07) is 38.8. The molecule has 0 aliphatic carbocycles. The molecule has 0 bridgehead atoms. The van der Waals surface area contributed by atoms with Crippen LogP contribution in [0.15, 0.2) is 127 Å². The molecule has 4 rings (SSSR count). The summed E-state index contributed by atoms with van der Waals surface area (Å²) < 4.78 is 6.03. The highest BCUT2D eigenvalue weighted by molar-refractivity contribution is 7.80. The van der Waals surface area contributed by atoms with Crippen LogP contribution in [-0.4, -0.2) is 12.1 Å².